The van der Waals surface area contributed by atoms with E-state index in [1.165, 1.54) is 79.6 Å². The molecule has 0 amide bonds. The van der Waals surface area contributed by atoms with Crippen molar-refractivity contribution in [3.63, 3.8) is 0 Å². The summed E-state index contributed by atoms with van der Waals surface area (Å²) in [4.78, 5) is 18.0. The number of carbonyl (C=O) groups is 1. The molecule has 45 heavy (non-hydrogen) atoms. The Balaban J connectivity index is 1.43. The van der Waals surface area contributed by atoms with Gasteiger partial charge in [0.05, 0.1) is 13.2 Å². The third kappa shape index (κ3) is 3.94. The Hall–Kier alpha value is -4.83. The molecule has 0 bridgehead atoms. The van der Waals surface area contributed by atoms with E-state index in [0.717, 1.165) is 0 Å². The lowest BCUT2D eigenvalue weighted by Crippen LogP contribution is -2.42. The number of benzene rings is 4. The van der Waals surface area contributed by atoms with E-state index in [0.29, 0.717) is 12.2 Å². The fraction of sp³-hybridized carbons (Fsp3) is 0.244. The molecule has 0 saturated carbocycles. The molecule has 4 aliphatic rings. The fourth-order valence-electron chi connectivity index (χ4n) is 8.33. The minimum atomic E-state index is -0.312. The SMILES string of the molecule is COC(=O)C1=CC=CCN1[C@@H]1c2c(C)cc(C)cc2[C@H]2C=C(c3cccc(C)c3)c3cc4c(cc3N21)C(C)(C)c1ccccc1-4. The number of carbonyl (C=O) groups excluding carboxylic acids is 1. The van der Waals surface area contributed by atoms with Crippen molar-refractivity contribution in [3.8, 4) is 11.1 Å². The van der Waals surface area contributed by atoms with Crippen molar-refractivity contribution in [2.75, 3.05) is 18.6 Å². The van der Waals surface area contributed by atoms with Crippen LogP contribution in [0.3, 0.4) is 0 Å². The molecular weight excluding hydrogens is 552 g/mol. The summed E-state index contributed by atoms with van der Waals surface area (Å²) in [6.07, 6.45) is 8.27. The minimum Gasteiger partial charge on any atom is -0.464 e. The number of ether oxygens (including phenoxy) is 1. The number of esters is 1. The molecule has 4 heteroatoms. The second-order valence-corrected chi connectivity index (χ2v) is 13.5. The van der Waals surface area contributed by atoms with E-state index < -0.39 is 0 Å². The Bertz CT molecular complexity index is 2030. The minimum absolute atomic E-state index is 0.00126. The van der Waals surface area contributed by atoms with Crippen molar-refractivity contribution in [1.82, 2.24) is 4.90 Å². The van der Waals surface area contributed by atoms with Crippen molar-refractivity contribution in [2.45, 2.75) is 52.2 Å². The predicted molar refractivity (Wildman–Crippen MR) is 182 cm³/mol. The van der Waals surface area contributed by atoms with Gasteiger partial charge in [-0.05, 0) is 89.6 Å². The fourth-order valence-corrected chi connectivity index (χ4v) is 8.33. The molecule has 0 radical (unpaired) electrons. The lowest BCUT2D eigenvalue weighted by Gasteiger charge is -2.44. The van der Waals surface area contributed by atoms with Crippen molar-refractivity contribution < 1.29 is 9.53 Å². The van der Waals surface area contributed by atoms with Crippen molar-refractivity contribution in [2.24, 2.45) is 0 Å². The highest BCUT2D eigenvalue weighted by Gasteiger charge is 2.47. The molecule has 4 aromatic rings. The van der Waals surface area contributed by atoms with Gasteiger partial charge in [-0.3, -0.25) is 0 Å². The van der Waals surface area contributed by atoms with Gasteiger partial charge in [0.1, 0.15) is 11.9 Å². The maximum absolute atomic E-state index is 13.2. The summed E-state index contributed by atoms with van der Waals surface area (Å²) in [7, 11) is 1.47. The molecule has 2 atom stereocenters. The molecule has 4 nitrogen and oxygen atoms in total. The molecule has 3 aliphatic heterocycles. The van der Waals surface area contributed by atoms with Gasteiger partial charge in [-0.15, -0.1) is 0 Å². The molecule has 0 saturated heterocycles. The van der Waals surface area contributed by atoms with Gasteiger partial charge < -0.3 is 14.5 Å². The van der Waals surface area contributed by atoms with E-state index in [9.17, 15) is 4.79 Å². The van der Waals surface area contributed by atoms with Crippen LogP contribution in [0.5, 0.6) is 0 Å². The van der Waals surface area contributed by atoms with Crippen LogP contribution in [0, 0.1) is 20.8 Å². The summed E-state index contributed by atoms with van der Waals surface area (Å²) >= 11 is 0. The van der Waals surface area contributed by atoms with Gasteiger partial charge in [-0.25, -0.2) is 4.79 Å². The van der Waals surface area contributed by atoms with Crippen molar-refractivity contribution >= 4 is 17.2 Å². The molecule has 1 aliphatic carbocycles. The lowest BCUT2D eigenvalue weighted by atomic mass is 9.80. The van der Waals surface area contributed by atoms with Gasteiger partial charge in [0.2, 0.25) is 0 Å². The quantitative estimate of drug-likeness (QED) is 0.223. The predicted octanol–water partition coefficient (Wildman–Crippen LogP) is 8.85. The average molecular weight is 591 g/mol. The molecular formula is C41H38N2O2. The second-order valence-electron chi connectivity index (χ2n) is 13.5. The summed E-state index contributed by atoms with van der Waals surface area (Å²) < 4.78 is 5.32. The van der Waals surface area contributed by atoms with Crippen LogP contribution < -0.4 is 4.90 Å². The van der Waals surface area contributed by atoms with Crippen molar-refractivity contribution in [3.05, 3.63) is 153 Å². The zero-order valence-corrected chi connectivity index (χ0v) is 26.8. The first kappa shape index (κ1) is 27.7. The Morgan fingerprint density at radius 3 is 2.49 bits per heavy atom. The third-order valence-electron chi connectivity index (χ3n) is 10.3. The van der Waals surface area contributed by atoms with Crippen LogP contribution in [-0.2, 0) is 14.9 Å². The van der Waals surface area contributed by atoms with Crippen LogP contribution >= 0.6 is 0 Å². The lowest BCUT2D eigenvalue weighted by molar-refractivity contribution is -0.138. The van der Waals surface area contributed by atoms with Crippen LogP contribution in [0.25, 0.3) is 16.7 Å². The molecule has 0 spiro atoms. The number of nitrogens with zero attached hydrogens (tertiary/aromatic N) is 2. The number of hydrogen-bond donors (Lipinski definition) is 0. The second kappa shape index (κ2) is 9.84. The third-order valence-corrected chi connectivity index (χ3v) is 10.3. The number of aryl methyl sites for hydroxylation is 3. The average Bonchev–Trinajstić information content (AvgIpc) is 3.48. The molecule has 8 rings (SSSR count). The summed E-state index contributed by atoms with van der Waals surface area (Å²) in [6.45, 7) is 11.9. The zero-order chi connectivity index (χ0) is 31.2. The largest absolute Gasteiger partial charge is 0.464 e. The van der Waals surface area contributed by atoms with E-state index in [1.54, 1.807) is 0 Å². The van der Waals surface area contributed by atoms with E-state index in [2.05, 4.69) is 129 Å². The van der Waals surface area contributed by atoms with Gasteiger partial charge in [-0.1, -0.05) is 97.8 Å². The monoisotopic (exact) mass is 590 g/mol. The van der Waals surface area contributed by atoms with Crippen LogP contribution in [0.2, 0.25) is 0 Å². The number of rotatable bonds is 3. The molecule has 0 aromatic heterocycles. The summed E-state index contributed by atoms with van der Waals surface area (Å²) in [5, 5.41) is 0. The van der Waals surface area contributed by atoms with Crippen LogP contribution in [-0.4, -0.2) is 24.5 Å². The highest BCUT2D eigenvalue weighted by atomic mass is 16.5. The summed E-state index contributed by atoms with van der Waals surface area (Å²) in [5.41, 5.74) is 17.0. The van der Waals surface area contributed by atoms with E-state index in [4.69, 9.17) is 4.74 Å². The van der Waals surface area contributed by atoms with E-state index in [1.807, 2.05) is 12.2 Å². The number of allylic oxidation sites excluding steroid dienone is 2. The smallest absolute Gasteiger partial charge is 0.354 e. The van der Waals surface area contributed by atoms with Crippen LogP contribution in [0.15, 0.2) is 103 Å². The van der Waals surface area contributed by atoms with E-state index >= 15 is 0 Å². The van der Waals surface area contributed by atoms with Gasteiger partial charge in [0.15, 0.2) is 0 Å². The van der Waals surface area contributed by atoms with Crippen LogP contribution in [0.1, 0.15) is 76.1 Å². The summed E-state index contributed by atoms with van der Waals surface area (Å²) in [5.74, 6) is -0.312. The highest BCUT2D eigenvalue weighted by molar-refractivity contribution is 5.96. The van der Waals surface area contributed by atoms with Gasteiger partial charge in [-0.2, -0.15) is 0 Å². The summed E-state index contributed by atoms with van der Waals surface area (Å²) in [6, 6.07) is 27.3. The standard InChI is InChI=1S/C41H38N2O2/c1-24-12-11-13-27(19-24)29-22-36-32-20-25(2)18-26(3)38(32)39(42-17-10-9-16-35(42)40(44)45-6)43(36)37-23-34-30(21-31(29)37)28-14-7-8-15-33(28)41(34,4)5/h7-16,18-23,36,39H,17H2,1-6H3/t36-,39+/m1/s1. The first-order chi connectivity index (χ1) is 21.7. The zero-order valence-electron chi connectivity index (χ0n) is 26.8. The highest BCUT2D eigenvalue weighted by Crippen LogP contribution is 2.58. The topological polar surface area (TPSA) is 32.8 Å². The number of methoxy groups -OCH3 is 1. The first-order valence-electron chi connectivity index (χ1n) is 15.9. The maximum atomic E-state index is 13.2. The number of fused-ring (bicyclic) bond motifs is 8. The van der Waals surface area contributed by atoms with Gasteiger partial charge in [0, 0.05) is 28.8 Å². The molecule has 0 fully saturated rings. The number of hydrogen-bond acceptors (Lipinski definition) is 4. The Morgan fingerprint density at radius 2 is 1.69 bits per heavy atom. The Kier molecular flexibility index (Phi) is 6.05. The van der Waals surface area contributed by atoms with Gasteiger partial charge in [0.25, 0.3) is 0 Å². The number of anilines is 1. The molecule has 224 valence electrons. The van der Waals surface area contributed by atoms with Crippen LogP contribution in [0.4, 0.5) is 5.69 Å². The Labute approximate surface area is 266 Å². The molecule has 3 heterocycles. The molecule has 4 aromatic carbocycles. The van der Waals surface area contributed by atoms with Gasteiger partial charge >= 0.3 is 5.97 Å². The Morgan fingerprint density at radius 1 is 0.867 bits per heavy atom. The first-order valence-corrected chi connectivity index (χ1v) is 15.9. The normalized spacial score (nSPS) is 20.0. The maximum Gasteiger partial charge on any atom is 0.354 e. The van der Waals surface area contributed by atoms with Crippen molar-refractivity contribution in [1.29, 1.82) is 0 Å². The molecule has 0 unspecified atom stereocenters. The molecule has 0 N–H and O–H groups in total. The van der Waals surface area contributed by atoms with E-state index in [-0.39, 0.29) is 23.6 Å².